The standard InChI is InChI=1S/C20H44N2/c1-4-5-6-7-8-9-10-11-12-13-14-15-16-17-18-19-20(21)22(2)3/h20H,4-19,21H2,1-3H3. The van der Waals surface area contributed by atoms with Gasteiger partial charge in [-0.2, -0.15) is 0 Å². The van der Waals surface area contributed by atoms with Crippen LogP contribution in [0.5, 0.6) is 0 Å². The van der Waals surface area contributed by atoms with Gasteiger partial charge in [0.25, 0.3) is 0 Å². The van der Waals surface area contributed by atoms with Gasteiger partial charge in [-0.15, -0.1) is 0 Å². The van der Waals surface area contributed by atoms with Gasteiger partial charge in [-0.05, 0) is 20.5 Å². The first-order valence-corrected chi connectivity index (χ1v) is 10.1. The molecule has 2 heteroatoms. The van der Waals surface area contributed by atoms with Crippen LogP contribution in [0.25, 0.3) is 0 Å². The Kier molecular flexibility index (Phi) is 17.2. The Hall–Kier alpha value is -0.0800. The molecule has 0 aromatic rings. The van der Waals surface area contributed by atoms with Gasteiger partial charge in [0.05, 0.1) is 6.17 Å². The number of hydrogen-bond donors (Lipinski definition) is 1. The van der Waals surface area contributed by atoms with E-state index in [0.29, 0.717) is 0 Å². The topological polar surface area (TPSA) is 29.3 Å². The van der Waals surface area contributed by atoms with Crippen molar-refractivity contribution in [1.82, 2.24) is 4.90 Å². The first kappa shape index (κ1) is 21.9. The molecule has 0 bridgehead atoms. The average molecular weight is 313 g/mol. The summed E-state index contributed by atoms with van der Waals surface area (Å²) < 4.78 is 0. The molecule has 134 valence electrons. The molecule has 2 N–H and O–H groups in total. The summed E-state index contributed by atoms with van der Waals surface area (Å²) in [6.07, 6.45) is 22.8. The second-order valence-electron chi connectivity index (χ2n) is 7.27. The van der Waals surface area contributed by atoms with Gasteiger partial charge in [-0.25, -0.2) is 0 Å². The minimum Gasteiger partial charge on any atom is -0.316 e. The van der Waals surface area contributed by atoms with Gasteiger partial charge < -0.3 is 5.73 Å². The largest absolute Gasteiger partial charge is 0.316 e. The number of rotatable bonds is 17. The van der Waals surface area contributed by atoms with Gasteiger partial charge in [0, 0.05) is 0 Å². The van der Waals surface area contributed by atoms with Crippen LogP contribution in [0.15, 0.2) is 0 Å². The molecule has 0 aliphatic heterocycles. The first-order valence-electron chi connectivity index (χ1n) is 10.1. The lowest BCUT2D eigenvalue weighted by atomic mass is 10.0. The van der Waals surface area contributed by atoms with Gasteiger partial charge in [-0.3, -0.25) is 4.90 Å². The van der Waals surface area contributed by atoms with Crippen LogP contribution in [0, 0.1) is 0 Å². The molecule has 0 aromatic heterocycles. The minimum absolute atomic E-state index is 0.252. The molecule has 22 heavy (non-hydrogen) atoms. The summed E-state index contributed by atoms with van der Waals surface area (Å²) >= 11 is 0. The fourth-order valence-corrected chi connectivity index (χ4v) is 2.98. The maximum Gasteiger partial charge on any atom is 0.0566 e. The third-order valence-corrected chi connectivity index (χ3v) is 4.77. The van der Waals surface area contributed by atoms with E-state index in [-0.39, 0.29) is 6.17 Å². The van der Waals surface area contributed by atoms with Crippen LogP contribution in [0.4, 0.5) is 0 Å². The summed E-state index contributed by atoms with van der Waals surface area (Å²) in [5, 5.41) is 0. The van der Waals surface area contributed by atoms with Crippen molar-refractivity contribution in [2.45, 2.75) is 116 Å². The van der Waals surface area contributed by atoms with E-state index in [1.807, 2.05) is 0 Å². The van der Waals surface area contributed by atoms with Gasteiger partial charge in [0.2, 0.25) is 0 Å². The van der Waals surface area contributed by atoms with Crippen molar-refractivity contribution in [2.24, 2.45) is 5.73 Å². The zero-order valence-corrected chi connectivity index (χ0v) is 15.9. The van der Waals surface area contributed by atoms with Crippen LogP contribution in [0.1, 0.15) is 110 Å². The fourth-order valence-electron chi connectivity index (χ4n) is 2.98. The van der Waals surface area contributed by atoms with Gasteiger partial charge in [0.1, 0.15) is 0 Å². The molecule has 0 saturated heterocycles. The zero-order valence-electron chi connectivity index (χ0n) is 15.9. The van der Waals surface area contributed by atoms with Crippen LogP contribution < -0.4 is 5.73 Å². The van der Waals surface area contributed by atoms with Crippen molar-refractivity contribution in [3.8, 4) is 0 Å². The summed E-state index contributed by atoms with van der Waals surface area (Å²) in [7, 11) is 4.13. The molecule has 0 rings (SSSR count). The monoisotopic (exact) mass is 312 g/mol. The van der Waals surface area contributed by atoms with E-state index in [1.54, 1.807) is 0 Å². The molecule has 0 amide bonds. The summed E-state index contributed by atoms with van der Waals surface area (Å²) in [4.78, 5) is 2.11. The lowest BCUT2D eigenvalue weighted by Crippen LogP contribution is -2.35. The average Bonchev–Trinajstić information content (AvgIpc) is 2.50. The van der Waals surface area contributed by atoms with E-state index in [2.05, 4.69) is 25.9 Å². The van der Waals surface area contributed by atoms with Crippen molar-refractivity contribution < 1.29 is 0 Å². The van der Waals surface area contributed by atoms with Crippen molar-refractivity contribution >= 4 is 0 Å². The molecule has 1 unspecified atom stereocenters. The molecular weight excluding hydrogens is 268 g/mol. The lowest BCUT2D eigenvalue weighted by Gasteiger charge is -2.19. The second kappa shape index (κ2) is 17.3. The molecule has 0 radical (unpaired) electrons. The number of hydrogen-bond acceptors (Lipinski definition) is 2. The molecular formula is C20H44N2. The lowest BCUT2D eigenvalue weighted by molar-refractivity contribution is 0.278. The highest BCUT2D eigenvalue weighted by atomic mass is 15.2. The Morgan fingerprint density at radius 2 is 0.909 bits per heavy atom. The SMILES string of the molecule is CCCCCCCCCCCCCCCCCC(N)N(C)C. The Labute approximate surface area is 141 Å². The Morgan fingerprint density at radius 3 is 1.23 bits per heavy atom. The predicted octanol–water partition coefficient (Wildman–Crippen LogP) is 6.09. The van der Waals surface area contributed by atoms with Crippen LogP contribution >= 0.6 is 0 Å². The van der Waals surface area contributed by atoms with E-state index in [0.717, 1.165) is 6.42 Å². The Morgan fingerprint density at radius 1 is 0.591 bits per heavy atom. The number of unbranched alkanes of at least 4 members (excludes halogenated alkanes) is 14. The molecule has 0 spiro atoms. The van der Waals surface area contributed by atoms with Crippen LogP contribution in [-0.2, 0) is 0 Å². The maximum absolute atomic E-state index is 6.00. The molecule has 0 aromatic carbocycles. The van der Waals surface area contributed by atoms with Gasteiger partial charge >= 0.3 is 0 Å². The fraction of sp³-hybridized carbons (Fsp3) is 1.00. The van der Waals surface area contributed by atoms with E-state index in [9.17, 15) is 0 Å². The van der Waals surface area contributed by atoms with Crippen molar-refractivity contribution in [3.63, 3.8) is 0 Å². The highest BCUT2D eigenvalue weighted by Crippen LogP contribution is 2.14. The summed E-state index contributed by atoms with van der Waals surface area (Å²) in [5.74, 6) is 0. The molecule has 0 aliphatic carbocycles. The normalized spacial score (nSPS) is 13.0. The molecule has 0 fully saturated rings. The van der Waals surface area contributed by atoms with Gasteiger partial charge in [0.15, 0.2) is 0 Å². The summed E-state index contributed by atoms with van der Waals surface area (Å²) in [5.41, 5.74) is 6.00. The van der Waals surface area contributed by atoms with Crippen LogP contribution in [-0.4, -0.2) is 25.2 Å². The van der Waals surface area contributed by atoms with E-state index >= 15 is 0 Å². The van der Waals surface area contributed by atoms with Crippen molar-refractivity contribution in [3.05, 3.63) is 0 Å². The molecule has 0 saturated carbocycles. The predicted molar refractivity (Wildman–Crippen MR) is 101 cm³/mol. The third kappa shape index (κ3) is 16.3. The van der Waals surface area contributed by atoms with E-state index in [4.69, 9.17) is 5.73 Å². The van der Waals surface area contributed by atoms with Crippen molar-refractivity contribution in [2.75, 3.05) is 14.1 Å². The highest BCUT2D eigenvalue weighted by molar-refractivity contribution is 4.57. The number of nitrogens with zero attached hydrogens (tertiary/aromatic N) is 1. The highest BCUT2D eigenvalue weighted by Gasteiger charge is 2.03. The first-order chi connectivity index (χ1) is 10.7. The van der Waals surface area contributed by atoms with Crippen LogP contribution in [0.3, 0.4) is 0 Å². The van der Waals surface area contributed by atoms with Gasteiger partial charge in [-0.1, -0.05) is 103 Å². The Bertz CT molecular complexity index is 204. The molecule has 0 heterocycles. The third-order valence-electron chi connectivity index (χ3n) is 4.77. The second-order valence-corrected chi connectivity index (χ2v) is 7.27. The van der Waals surface area contributed by atoms with E-state index in [1.165, 1.54) is 96.3 Å². The summed E-state index contributed by atoms with van der Waals surface area (Å²) in [6.45, 7) is 2.29. The van der Waals surface area contributed by atoms with E-state index < -0.39 is 0 Å². The quantitative estimate of drug-likeness (QED) is 0.260. The Balaban J connectivity index is 3.03. The maximum atomic E-state index is 6.00. The molecule has 1 atom stereocenters. The zero-order chi connectivity index (χ0) is 16.5. The smallest absolute Gasteiger partial charge is 0.0566 e. The molecule has 0 aliphatic rings. The summed E-state index contributed by atoms with van der Waals surface area (Å²) in [6, 6.07) is 0. The molecule has 2 nitrogen and oxygen atoms in total. The van der Waals surface area contributed by atoms with Crippen LogP contribution in [0.2, 0.25) is 0 Å². The number of nitrogens with two attached hydrogens (primary N) is 1. The van der Waals surface area contributed by atoms with Crippen molar-refractivity contribution in [1.29, 1.82) is 0 Å². The minimum atomic E-state index is 0.252.